The molecule has 0 bridgehead atoms. The van der Waals surface area contributed by atoms with Gasteiger partial charge in [-0.3, -0.25) is 4.79 Å². The van der Waals surface area contributed by atoms with Gasteiger partial charge in [-0.25, -0.2) is 0 Å². The Kier molecular flexibility index (Phi) is 2.89. The molecule has 1 saturated carbocycles. The summed E-state index contributed by atoms with van der Waals surface area (Å²) in [5.74, 6) is -0.0166. The van der Waals surface area contributed by atoms with Crippen LogP contribution in [0.1, 0.15) is 17.7 Å². The van der Waals surface area contributed by atoms with Crippen LogP contribution >= 0.6 is 22.9 Å². The van der Waals surface area contributed by atoms with Crippen LogP contribution in [0, 0.1) is 0 Å². The van der Waals surface area contributed by atoms with Crippen molar-refractivity contribution < 1.29 is 4.79 Å². The normalized spacial score (nSPS) is 16.1. The summed E-state index contributed by atoms with van der Waals surface area (Å²) in [7, 11) is 0. The smallest absolute Gasteiger partial charge is 0.244 e. The van der Waals surface area contributed by atoms with Crippen molar-refractivity contribution in [3.05, 3.63) is 27.4 Å². The summed E-state index contributed by atoms with van der Waals surface area (Å²) >= 11 is 7.22. The molecule has 1 amide bonds. The van der Waals surface area contributed by atoms with Crippen molar-refractivity contribution in [3.8, 4) is 0 Å². The van der Waals surface area contributed by atoms with Gasteiger partial charge in [-0.2, -0.15) is 0 Å². The van der Waals surface area contributed by atoms with Crippen LogP contribution in [0.4, 0.5) is 0 Å². The summed E-state index contributed by atoms with van der Waals surface area (Å²) in [6.07, 6.45) is 5.57. The quantitative estimate of drug-likeness (QED) is 0.791. The first kappa shape index (κ1) is 9.74. The summed E-state index contributed by atoms with van der Waals surface area (Å²) in [4.78, 5) is 12.2. The molecule has 1 fully saturated rings. The third kappa shape index (κ3) is 2.86. The Labute approximate surface area is 91.6 Å². The van der Waals surface area contributed by atoms with E-state index in [0.29, 0.717) is 6.04 Å². The van der Waals surface area contributed by atoms with E-state index in [1.54, 1.807) is 12.2 Å². The molecule has 0 radical (unpaired) electrons. The Morgan fingerprint density at radius 1 is 1.57 bits per heavy atom. The zero-order valence-electron chi connectivity index (χ0n) is 7.50. The molecule has 0 aliphatic heterocycles. The van der Waals surface area contributed by atoms with Crippen molar-refractivity contribution in [2.75, 3.05) is 0 Å². The van der Waals surface area contributed by atoms with E-state index in [1.807, 2.05) is 12.1 Å². The zero-order chi connectivity index (χ0) is 9.97. The first-order valence-electron chi connectivity index (χ1n) is 4.48. The molecule has 0 aromatic carbocycles. The summed E-state index contributed by atoms with van der Waals surface area (Å²) in [5.41, 5.74) is 0. The predicted octanol–water partition coefficient (Wildman–Crippen LogP) is 2.69. The molecule has 1 heterocycles. The first-order chi connectivity index (χ1) is 6.74. The van der Waals surface area contributed by atoms with Gasteiger partial charge in [0.1, 0.15) is 0 Å². The monoisotopic (exact) mass is 227 g/mol. The zero-order valence-corrected chi connectivity index (χ0v) is 9.07. The van der Waals surface area contributed by atoms with Gasteiger partial charge >= 0.3 is 0 Å². The lowest BCUT2D eigenvalue weighted by atomic mass is 10.4. The maximum Gasteiger partial charge on any atom is 0.244 e. The average molecular weight is 228 g/mol. The minimum Gasteiger partial charge on any atom is -0.350 e. The van der Waals surface area contributed by atoms with Crippen LogP contribution in [0.5, 0.6) is 0 Å². The molecule has 1 aromatic heterocycles. The standard InChI is InChI=1S/C10H10ClNOS/c11-9-5-3-8(14-9)4-6-10(13)12-7-1-2-7/h3-7H,1-2H2,(H,12,13)/b6-4+. The Morgan fingerprint density at radius 2 is 2.36 bits per heavy atom. The number of hydrogen-bond donors (Lipinski definition) is 1. The number of amides is 1. The van der Waals surface area contributed by atoms with Crippen molar-refractivity contribution in [1.29, 1.82) is 0 Å². The van der Waals surface area contributed by atoms with E-state index in [2.05, 4.69) is 5.32 Å². The molecule has 74 valence electrons. The molecule has 1 aliphatic carbocycles. The van der Waals surface area contributed by atoms with E-state index in [9.17, 15) is 4.79 Å². The molecular formula is C10H10ClNOS. The fourth-order valence-electron chi connectivity index (χ4n) is 1.05. The number of hydrogen-bond acceptors (Lipinski definition) is 2. The van der Waals surface area contributed by atoms with E-state index in [-0.39, 0.29) is 5.91 Å². The van der Waals surface area contributed by atoms with E-state index in [0.717, 1.165) is 22.1 Å². The largest absolute Gasteiger partial charge is 0.350 e. The lowest BCUT2D eigenvalue weighted by Gasteiger charge is -1.95. The lowest BCUT2D eigenvalue weighted by Crippen LogP contribution is -2.22. The SMILES string of the molecule is O=C(/C=C/c1ccc(Cl)s1)NC1CC1. The lowest BCUT2D eigenvalue weighted by molar-refractivity contribution is -0.116. The highest BCUT2D eigenvalue weighted by molar-refractivity contribution is 7.17. The Hall–Kier alpha value is -0.800. The molecule has 0 saturated heterocycles. The molecule has 4 heteroatoms. The van der Waals surface area contributed by atoms with Crippen LogP contribution in [0.25, 0.3) is 6.08 Å². The fraction of sp³-hybridized carbons (Fsp3) is 0.300. The molecular weight excluding hydrogens is 218 g/mol. The summed E-state index contributed by atoms with van der Waals surface area (Å²) in [6.45, 7) is 0. The van der Waals surface area contributed by atoms with Crippen molar-refractivity contribution in [3.63, 3.8) is 0 Å². The van der Waals surface area contributed by atoms with E-state index in [1.165, 1.54) is 11.3 Å². The van der Waals surface area contributed by atoms with Gasteiger partial charge in [0.05, 0.1) is 4.34 Å². The van der Waals surface area contributed by atoms with Crippen LogP contribution in [0.3, 0.4) is 0 Å². The van der Waals surface area contributed by atoms with Gasteiger partial charge in [0.15, 0.2) is 0 Å². The van der Waals surface area contributed by atoms with Crippen LogP contribution in [-0.2, 0) is 4.79 Å². The molecule has 0 atom stereocenters. The Bertz CT molecular complexity index is 368. The number of thiophene rings is 1. The van der Waals surface area contributed by atoms with E-state index >= 15 is 0 Å². The Morgan fingerprint density at radius 3 is 2.93 bits per heavy atom. The third-order valence-electron chi connectivity index (χ3n) is 1.92. The molecule has 0 spiro atoms. The van der Waals surface area contributed by atoms with Crippen LogP contribution < -0.4 is 5.32 Å². The number of carbonyl (C=O) groups excluding carboxylic acids is 1. The second kappa shape index (κ2) is 4.15. The van der Waals surface area contributed by atoms with Gasteiger partial charge in [-0.05, 0) is 31.1 Å². The number of nitrogens with one attached hydrogen (secondary N) is 1. The van der Waals surface area contributed by atoms with Crippen LogP contribution in [0.2, 0.25) is 4.34 Å². The molecule has 1 N–H and O–H groups in total. The second-order valence-corrected chi connectivity index (χ2v) is 5.00. The molecule has 1 aliphatic rings. The minimum atomic E-state index is -0.0166. The van der Waals surface area contributed by atoms with Crippen LogP contribution in [0.15, 0.2) is 18.2 Å². The summed E-state index contributed by atoms with van der Waals surface area (Å²) in [5, 5.41) is 2.88. The van der Waals surface area contributed by atoms with Gasteiger partial charge in [-0.15, -0.1) is 11.3 Å². The van der Waals surface area contributed by atoms with E-state index in [4.69, 9.17) is 11.6 Å². The maximum absolute atomic E-state index is 11.2. The van der Waals surface area contributed by atoms with Crippen molar-refractivity contribution >= 4 is 34.9 Å². The summed E-state index contributed by atoms with van der Waals surface area (Å²) < 4.78 is 0.743. The third-order valence-corrected chi connectivity index (χ3v) is 3.11. The predicted molar refractivity (Wildman–Crippen MR) is 59.5 cm³/mol. The maximum atomic E-state index is 11.2. The first-order valence-corrected chi connectivity index (χ1v) is 5.67. The van der Waals surface area contributed by atoms with Gasteiger partial charge < -0.3 is 5.32 Å². The highest BCUT2D eigenvalue weighted by atomic mass is 35.5. The topological polar surface area (TPSA) is 29.1 Å². The number of halogens is 1. The average Bonchev–Trinajstić information content (AvgIpc) is 2.85. The van der Waals surface area contributed by atoms with Gasteiger partial charge in [0, 0.05) is 17.0 Å². The number of rotatable bonds is 3. The van der Waals surface area contributed by atoms with Gasteiger partial charge in [0.25, 0.3) is 0 Å². The molecule has 2 nitrogen and oxygen atoms in total. The number of carbonyl (C=O) groups is 1. The highest BCUT2D eigenvalue weighted by Crippen LogP contribution is 2.22. The van der Waals surface area contributed by atoms with Crippen molar-refractivity contribution in [1.82, 2.24) is 5.32 Å². The molecule has 2 rings (SSSR count). The highest BCUT2D eigenvalue weighted by Gasteiger charge is 2.21. The molecule has 1 aromatic rings. The minimum absolute atomic E-state index is 0.0166. The summed E-state index contributed by atoms with van der Waals surface area (Å²) in [6, 6.07) is 4.14. The van der Waals surface area contributed by atoms with Crippen molar-refractivity contribution in [2.45, 2.75) is 18.9 Å². The van der Waals surface area contributed by atoms with E-state index < -0.39 is 0 Å². The second-order valence-electron chi connectivity index (χ2n) is 3.26. The fourth-order valence-corrected chi connectivity index (χ4v) is 2.02. The molecule has 14 heavy (non-hydrogen) atoms. The Balaban J connectivity index is 1.88. The van der Waals surface area contributed by atoms with Crippen molar-refractivity contribution in [2.24, 2.45) is 0 Å². The van der Waals surface area contributed by atoms with Gasteiger partial charge in [0.2, 0.25) is 5.91 Å². The van der Waals surface area contributed by atoms with Crippen LogP contribution in [-0.4, -0.2) is 11.9 Å². The van der Waals surface area contributed by atoms with Gasteiger partial charge in [-0.1, -0.05) is 11.6 Å². The molecule has 0 unspecified atom stereocenters.